The molecule has 0 aliphatic carbocycles. The SMILES string of the molecule is Oc1ccc(CNc2ncnc3[nH]cnc23)c(O)c1O. The van der Waals surface area contributed by atoms with Crippen molar-refractivity contribution in [3.05, 3.63) is 30.4 Å². The number of nitrogens with zero attached hydrogens (tertiary/aromatic N) is 3. The van der Waals surface area contributed by atoms with Crippen LogP contribution in [0.15, 0.2) is 24.8 Å². The Morgan fingerprint density at radius 1 is 1.05 bits per heavy atom. The van der Waals surface area contributed by atoms with Crippen molar-refractivity contribution < 1.29 is 15.3 Å². The molecule has 0 fully saturated rings. The molecule has 0 bridgehead atoms. The van der Waals surface area contributed by atoms with Gasteiger partial charge < -0.3 is 25.6 Å². The Bertz CT molecular complexity index is 771. The number of hydrogen-bond acceptors (Lipinski definition) is 7. The third-order valence-electron chi connectivity index (χ3n) is 2.88. The van der Waals surface area contributed by atoms with Crippen LogP contribution in [0.25, 0.3) is 11.2 Å². The van der Waals surface area contributed by atoms with E-state index >= 15 is 0 Å². The molecule has 2 aromatic heterocycles. The van der Waals surface area contributed by atoms with E-state index in [4.69, 9.17) is 0 Å². The van der Waals surface area contributed by atoms with Gasteiger partial charge in [0.2, 0.25) is 5.75 Å². The highest BCUT2D eigenvalue weighted by atomic mass is 16.3. The maximum Gasteiger partial charge on any atom is 0.200 e. The maximum atomic E-state index is 9.73. The summed E-state index contributed by atoms with van der Waals surface area (Å²) in [7, 11) is 0. The predicted molar refractivity (Wildman–Crippen MR) is 70.4 cm³/mol. The van der Waals surface area contributed by atoms with Gasteiger partial charge in [0.05, 0.1) is 6.33 Å². The Morgan fingerprint density at radius 2 is 1.90 bits per heavy atom. The number of fused-ring (bicyclic) bond motifs is 1. The predicted octanol–water partition coefficient (Wildman–Crippen LogP) is 1.08. The number of H-pyrrole nitrogens is 1. The average Bonchev–Trinajstić information content (AvgIpc) is 2.93. The van der Waals surface area contributed by atoms with Crippen molar-refractivity contribution in [3.63, 3.8) is 0 Å². The Balaban J connectivity index is 1.87. The van der Waals surface area contributed by atoms with Crippen molar-refractivity contribution in [1.82, 2.24) is 19.9 Å². The first-order valence-corrected chi connectivity index (χ1v) is 5.77. The number of phenolic OH excluding ortho intramolecular Hbond substituents is 3. The second-order valence-corrected chi connectivity index (χ2v) is 4.12. The minimum atomic E-state index is -0.545. The van der Waals surface area contributed by atoms with Crippen molar-refractivity contribution >= 4 is 17.0 Å². The van der Waals surface area contributed by atoms with Gasteiger partial charge in [-0.25, -0.2) is 15.0 Å². The molecule has 0 aliphatic rings. The summed E-state index contributed by atoms with van der Waals surface area (Å²) in [6.45, 7) is 0.207. The van der Waals surface area contributed by atoms with E-state index in [-0.39, 0.29) is 18.0 Å². The molecule has 1 aromatic carbocycles. The van der Waals surface area contributed by atoms with E-state index in [0.717, 1.165) is 0 Å². The van der Waals surface area contributed by atoms with Gasteiger partial charge in [-0.2, -0.15) is 0 Å². The lowest BCUT2D eigenvalue weighted by Gasteiger charge is -2.09. The van der Waals surface area contributed by atoms with Gasteiger partial charge in [-0.05, 0) is 12.1 Å². The van der Waals surface area contributed by atoms with E-state index in [9.17, 15) is 15.3 Å². The Kier molecular flexibility index (Phi) is 2.75. The second-order valence-electron chi connectivity index (χ2n) is 4.12. The fraction of sp³-hybridized carbons (Fsp3) is 0.0833. The normalized spacial score (nSPS) is 10.8. The van der Waals surface area contributed by atoms with Crippen LogP contribution in [0.1, 0.15) is 5.56 Å². The standard InChI is InChI=1S/C12H11N5O3/c18-7-2-1-6(9(19)10(7)20)3-13-11-8-12(15-4-14-8)17-5-16-11/h1-2,4-5,18-20H,3H2,(H2,13,14,15,16,17). The first-order chi connectivity index (χ1) is 9.66. The zero-order valence-corrected chi connectivity index (χ0v) is 10.2. The molecule has 8 heteroatoms. The number of imidazole rings is 1. The molecule has 20 heavy (non-hydrogen) atoms. The molecule has 8 nitrogen and oxygen atoms in total. The lowest BCUT2D eigenvalue weighted by atomic mass is 10.1. The molecule has 3 rings (SSSR count). The topological polar surface area (TPSA) is 127 Å². The minimum Gasteiger partial charge on any atom is -0.504 e. The van der Waals surface area contributed by atoms with Gasteiger partial charge in [0.1, 0.15) is 11.8 Å². The van der Waals surface area contributed by atoms with Crippen molar-refractivity contribution in [2.75, 3.05) is 5.32 Å². The molecule has 0 atom stereocenters. The average molecular weight is 273 g/mol. The van der Waals surface area contributed by atoms with Gasteiger partial charge in [0.25, 0.3) is 0 Å². The van der Waals surface area contributed by atoms with Crippen LogP contribution in [0.5, 0.6) is 17.2 Å². The van der Waals surface area contributed by atoms with Crippen LogP contribution in [0, 0.1) is 0 Å². The number of anilines is 1. The zero-order chi connectivity index (χ0) is 14.1. The maximum absolute atomic E-state index is 9.73. The number of aromatic amines is 1. The van der Waals surface area contributed by atoms with Crippen molar-refractivity contribution in [2.45, 2.75) is 6.54 Å². The molecule has 0 saturated heterocycles. The highest BCUT2D eigenvalue weighted by molar-refractivity contribution is 5.81. The van der Waals surface area contributed by atoms with Crippen molar-refractivity contribution in [3.8, 4) is 17.2 Å². The van der Waals surface area contributed by atoms with Gasteiger partial charge in [0, 0.05) is 12.1 Å². The lowest BCUT2D eigenvalue weighted by molar-refractivity contribution is 0.365. The molecular weight excluding hydrogens is 262 g/mol. The van der Waals surface area contributed by atoms with Crippen LogP contribution in [0.3, 0.4) is 0 Å². The number of aromatic hydroxyl groups is 3. The van der Waals surface area contributed by atoms with Gasteiger partial charge in [-0.1, -0.05) is 0 Å². The van der Waals surface area contributed by atoms with Crippen LogP contribution < -0.4 is 5.32 Å². The third kappa shape index (κ3) is 1.92. The van der Waals surface area contributed by atoms with Crippen LogP contribution >= 0.6 is 0 Å². The summed E-state index contributed by atoms with van der Waals surface area (Å²) < 4.78 is 0. The number of benzene rings is 1. The first kappa shape index (κ1) is 12.0. The number of rotatable bonds is 3. The van der Waals surface area contributed by atoms with Gasteiger partial charge >= 0.3 is 0 Å². The lowest BCUT2D eigenvalue weighted by Crippen LogP contribution is -2.03. The molecule has 0 spiro atoms. The molecule has 0 amide bonds. The van der Waals surface area contributed by atoms with E-state index in [2.05, 4.69) is 25.3 Å². The molecule has 0 radical (unpaired) electrons. The summed E-state index contributed by atoms with van der Waals surface area (Å²) >= 11 is 0. The third-order valence-corrected chi connectivity index (χ3v) is 2.88. The molecule has 2 heterocycles. The van der Waals surface area contributed by atoms with Gasteiger partial charge in [0.15, 0.2) is 23.0 Å². The molecule has 0 unspecified atom stereocenters. The number of nitrogens with one attached hydrogen (secondary N) is 2. The van der Waals surface area contributed by atoms with Gasteiger partial charge in [-0.3, -0.25) is 0 Å². The largest absolute Gasteiger partial charge is 0.504 e. The Morgan fingerprint density at radius 3 is 2.75 bits per heavy atom. The van der Waals surface area contributed by atoms with E-state index in [0.29, 0.717) is 22.5 Å². The number of hydrogen-bond donors (Lipinski definition) is 5. The van der Waals surface area contributed by atoms with Crippen molar-refractivity contribution in [2.24, 2.45) is 0 Å². The Hall–Kier alpha value is -3.03. The fourth-order valence-corrected chi connectivity index (χ4v) is 1.83. The molecule has 102 valence electrons. The van der Waals surface area contributed by atoms with E-state index in [1.54, 1.807) is 0 Å². The summed E-state index contributed by atoms with van der Waals surface area (Å²) in [5.41, 5.74) is 1.60. The summed E-state index contributed by atoms with van der Waals surface area (Å²) in [6, 6.07) is 2.80. The quantitative estimate of drug-likeness (QED) is 0.452. The van der Waals surface area contributed by atoms with E-state index in [1.165, 1.54) is 24.8 Å². The number of aromatic nitrogens is 4. The van der Waals surface area contributed by atoms with E-state index < -0.39 is 5.75 Å². The summed E-state index contributed by atoms with van der Waals surface area (Å²) in [5.74, 6) is -0.784. The molecule has 3 aromatic rings. The van der Waals surface area contributed by atoms with Gasteiger partial charge in [-0.15, -0.1) is 0 Å². The minimum absolute atomic E-state index is 0.207. The first-order valence-electron chi connectivity index (χ1n) is 5.77. The molecule has 5 N–H and O–H groups in total. The zero-order valence-electron chi connectivity index (χ0n) is 10.2. The number of phenols is 3. The van der Waals surface area contributed by atoms with E-state index in [1.807, 2.05) is 0 Å². The summed E-state index contributed by atoms with van der Waals surface area (Å²) in [5, 5.41) is 31.4. The molecule has 0 aliphatic heterocycles. The highest BCUT2D eigenvalue weighted by Gasteiger charge is 2.12. The smallest absolute Gasteiger partial charge is 0.200 e. The van der Waals surface area contributed by atoms with Crippen LogP contribution in [0.2, 0.25) is 0 Å². The Labute approximate surface area is 112 Å². The van der Waals surface area contributed by atoms with Crippen LogP contribution in [-0.4, -0.2) is 35.3 Å². The summed E-state index contributed by atoms with van der Waals surface area (Å²) in [6.07, 6.45) is 2.89. The fourth-order valence-electron chi connectivity index (χ4n) is 1.83. The van der Waals surface area contributed by atoms with Crippen LogP contribution in [-0.2, 0) is 6.54 Å². The summed E-state index contributed by atoms with van der Waals surface area (Å²) in [4.78, 5) is 15.0. The van der Waals surface area contributed by atoms with Crippen LogP contribution in [0.4, 0.5) is 5.82 Å². The van der Waals surface area contributed by atoms with Crippen molar-refractivity contribution in [1.29, 1.82) is 0 Å². The monoisotopic (exact) mass is 273 g/mol. The highest BCUT2D eigenvalue weighted by Crippen LogP contribution is 2.37. The molecule has 0 saturated carbocycles. The second kappa shape index (κ2) is 4.57. The molecular formula is C12H11N5O3.